The average molecular weight is 240 g/mol. The van der Waals surface area contributed by atoms with Crippen LogP contribution in [0.3, 0.4) is 0 Å². The van der Waals surface area contributed by atoms with Gasteiger partial charge in [0.15, 0.2) is 0 Å². The fourth-order valence-corrected chi connectivity index (χ4v) is 2.68. The molecule has 0 unspecified atom stereocenters. The standard InChI is InChI=1S/C12H24N4O/c13-12(17)11-16-9-7-15(8-10-16)6-5-14-3-1-2-4-14/h1-11H2,(H2,13,17). The van der Waals surface area contributed by atoms with Gasteiger partial charge in [0.2, 0.25) is 5.91 Å². The Morgan fingerprint density at radius 1 is 0.824 bits per heavy atom. The Morgan fingerprint density at radius 3 is 1.82 bits per heavy atom. The third-order valence-electron chi connectivity index (χ3n) is 3.78. The average Bonchev–Trinajstić information content (AvgIpc) is 2.80. The summed E-state index contributed by atoms with van der Waals surface area (Å²) in [7, 11) is 0. The number of primary amides is 1. The van der Waals surface area contributed by atoms with Crippen molar-refractivity contribution in [3.8, 4) is 0 Å². The van der Waals surface area contributed by atoms with E-state index in [-0.39, 0.29) is 5.91 Å². The van der Waals surface area contributed by atoms with Gasteiger partial charge in [-0.1, -0.05) is 0 Å². The summed E-state index contributed by atoms with van der Waals surface area (Å²) in [4.78, 5) is 18.0. The van der Waals surface area contributed by atoms with Crippen molar-refractivity contribution in [2.75, 3.05) is 58.9 Å². The fourth-order valence-electron chi connectivity index (χ4n) is 2.68. The number of hydrogen-bond acceptors (Lipinski definition) is 4. The Hall–Kier alpha value is -0.650. The maximum atomic E-state index is 10.8. The smallest absolute Gasteiger partial charge is 0.231 e. The number of nitrogens with two attached hydrogens (primary N) is 1. The molecule has 0 radical (unpaired) electrons. The molecule has 0 aromatic heterocycles. The SMILES string of the molecule is NC(=O)CN1CCN(CCN2CCCC2)CC1. The van der Waals surface area contributed by atoms with Crippen molar-refractivity contribution in [1.29, 1.82) is 0 Å². The zero-order valence-corrected chi connectivity index (χ0v) is 10.6. The van der Waals surface area contributed by atoms with Crippen LogP contribution in [0.15, 0.2) is 0 Å². The molecule has 2 aliphatic heterocycles. The Kier molecular flexibility index (Phi) is 4.76. The predicted octanol–water partition coefficient (Wildman–Crippen LogP) is -0.815. The maximum absolute atomic E-state index is 10.8. The second-order valence-corrected chi connectivity index (χ2v) is 5.13. The van der Waals surface area contributed by atoms with E-state index in [1.807, 2.05) is 0 Å². The van der Waals surface area contributed by atoms with Gasteiger partial charge in [0.1, 0.15) is 0 Å². The van der Waals surface area contributed by atoms with Crippen LogP contribution in [0.4, 0.5) is 0 Å². The highest BCUT2D eigenvalue weighted by molar-refractivity contribution is 5.75. The summed E-state index contributed by atoms with van der Waals surface area (Å²) < 4.78 is 0. The summed E-state index contributed by atoms with van der Waals surface area (Å²) in [5.41, 5.74) is 5.20. The first-order chi connectivity index (χ1) is 8.24. The van der Waals surface area contributed by atoms with Gasteiger partial charge in [-0.15, -0.1) is 0 Å². The molecule has 17 heavy (non-hydrogen) atoms. The number of piperazine rings is 1. The molecule has 1 amide bonds. The molecule has 5 nitrogen and oxygen atoms in total. The Morgan fingerprint density at radius 2 is 1.29 bits per heavy atom. The topological polar surface area (TPSA) is 52.8 Å². The van der Waals surface area contributed by atoms with Gasteiger partial charge in [-0.25, -0.2) is 0 Å². The van der Waals surface area contributed by atoms with Gasteiger partial charge in [-0.3, -0.25) is 14.6 Å². The number of carbonyl (C=O) groups is 1. The molecule has 0 spiro atoms. The second kappa shape index (κ2) is 6.33. The van der Waals surface area contributed by atoms with Gasteiger partial charge in [-0.05, 0) is 25.9 Å². The number of likely N-dealkylation sites (tertiary alicyclic amines) is 1. The number of hydrogen-bond donors (Lipinski definition) is 1. The lowest BCUT2D eigenvalue weighted by atomic mass is 10.3. The third-order valence-corrected chi connectivity index (χ3v) is 3.78. The minimum atomic E-state index is -0.212. The van der Waals surface area contributed by atoms with Crippen LogP contribution in [0.1, 0.15) is 12.8 Å². The molecule has 0 aromatic rings. The van der Waals surface area contributed by atoms with E-state index in [0.717, 1.165) is 26.2 Å². The first-order valence-electron chi connectivity index (χ1n) is 6.69. The molecule has 5 heteroatoms. The van der Waals surface area contributed by atoms with Gasteiger partial charge in [-0.2, -0.15) is 0 Å². The largest absolute Gasteiger partial charge is 0.369 e. The van der Waals surface area contributed by atoms with Crippen molar-refractivity contribution in [2.45, 2.75) is 12.8 Å². The van der Waals surface area contributed by atoms with Gasteiger partial charge in [0, 0.05) is 39.3 Å². The van der Waals surface area contributed by atoms with E-state index in [2.05, 4.69) is 14.7 Å². The molecular formula is C12H24N4O. The predicted molar refractivity (Wildman–Crippen MR) is 67.7 cm³/mol. The Balaban J connectivity index is 1.60. The first-order valence-corrected chi connectivity index (χ1v) is 6.69. The number of rotatable bonds is 5. The summed E-state index contributed by atoms with van der Waals surface area (Å²) in [6, 6.07) is 0. The normalized spacial score (nSPS) is 24.2. The van der Waals surface area contributed by atoms with Crippen LogP contribution in [0.5, 0.6) is 0 Å². The van der Waals surface area contributed by atoms with Gasteiger partial charge >= 0.3 is 0 Å². The van der Waals surface area contributed by atoms with Crippen LogP contribution >= 0.6 is 0 Å². The molecule has 0 atom stereocenters. The van der Waals surface area contributed by atoms with E-state index in [1.165, 1.54) is 39.0 Å². The maximum Gasteiger partial charge on any atom is 0.231 e. The minimum absolute atomic E-state index is 0.212. The van der Waals surface area contributed by atoms with Crippen LogP contribution in [0, 0.1) is 0 Å². The van der Waals surface area contributed by atoms with E-state index >= 15 is 0 Å². The molecule has 2 heterocycles. The summed E-state index contributed by atoms with van der Waals surface area (Å²) in [6.07, 6.45) is 2.73. The van der Waals surface area contributed by atoms with Crippen LogP contribution in [-0.2, 0) is 4.79 Å². The molecule has 0 bridgehead atoms. The van der Waals surface area contributed by atoms with Gasteiger partial charge in [0.25, 0.3) is 0 Å². The van der Waals surface area contributed by atoms with E-state index in [0.29, 0.717) is 6.54 Å². The number of carbonyl (C=O) groups excluding carboxylic acids is 1. The van der Waals surface area contributed by atoms with Crippen molar-refractivity contribution in [3.63, 3.8) is 0 Å². The fraction of sp³-hybridized carbons (Fsp3) is 0.917. The molecule has 98 valence electrons. The molecular weight excluding hydrogens is 216 g/mol. The molecule has 0 aliphatic carbocycles. The Bertz CT molecular complexity index is 245. The van der Waals surface area contributed by atoms with E-state index in [1.54, 1.807) is 0 Å². The molecule has 2 saturated heterocycles. The van der Waals surface area contributed by atoms with E-state index in [9.17, 15) is 4.79 Å². The molecule has 2 N–H and O–H groups in total. The monoisotopic (exact) mass is 240 g/mol. The van der Waals surface area contributed by atoms with E-state index < -0.39 is 0 Å². The molecule has 2 aliphatic rings. The highest BCUT2D eigenvalue weighted by Gasteiger charge is 2.19. The lowest BCUT2D eigenvalue weighted by Crippen LogP contribution is -2.50. The van der Waals surface area contributed by atoms with Gasteiger partial charge < -0.3 is 10.6 Å². The number of amides is 1. The lowest BCUT2D eigenvalue weighted by molar-refractivity contribution is -0.119. The van der Waals surface area contributed by atoms with Crippen LogP contribution in [-0.4, -0.2) is 79.5 Å². The summed E-state index contributed by atoms with van der Waals surface area (Å²) in [5, 5.41) is 0. The van der Waals surface area contributed by atoms with E-state index in [4.69, 9.17) is 5.73 Å². The summed E-state index contributed by atoms with van der Waals surface area (Å²) >= 11 is 0. The van der Waals surface area contributed by atoms with Crippen LogP contribution in [0.2, 0.25) is 0 Å². The van der Waals surface area contributed by atoms with Crippen LogP contribution < -0.4 is 5.73 Å². The van der Waals surface area contributed by atoms with Crippen molar-refractivity contribution >= 4 is 5.91 Å². The van der Waals surface area contributed by atoms with Crippen molar-refractivity contribution < 1.29 is 4.79 Å². The third kappa shape index (κ3) is 4.26. The first kappa shape index (κ1) is 12.8. The molecule has 0 saturated carbocycles. The Labute approximate surface area is 104 Å². The zero-order valence-electron chi connectivity index (χ0n) is 10.6. The number of nitrogens with zero attached hydrogens (tertiary/aromatic N) is 3. The second-order valence-electron chi connectivity index (χ2n) is 5.13. The highest BCUT2D eigenvalue weighted by atomic mass is 16.1. The summed E-state index contributed by atoms with van der Waals surface area (Å²) in [5.74, 6) is -0.212. The lowest BCUT2D eigenvalue weighted by Gasteiger charge is -2.34. The van der Waals surface area contributed by atoms with Crippen molar-refractivity contribution in [3.05, 3.63) is 0 Å². The summed E-state index contributed by atoms with van der Waals surface area (Å²) in [6.45, 7) is 9.44. The molecule has 2 fully saturated rings. The molecule has 2 rings (SSSR count). The highest BCUT2D eigenvalue weighted by Crippen LogP contribution is 2.07. The zero-order chi connectivity index (χ0) is 12.1. The quantitative estimate of drug-likeness (QED) is 0.682. The van der Waals surface area contributed by atoms with Crippen molar-refractivity contribution in [1.82, 2.24) is 14.7 Å². The van der Waals surface area contributed by atoms with Crippen LogP contribution in [0.25, 0.3) is 0 Å². The van der Waals surface area contributed by atoms with Crippen molar-refractivity contribution in [2.24, 2.45) is 5.73 Å². The molecule has 0 aromatic carbocycles. The van der Waals surface area contributed by atoms with Gasteiger partial charge in [0.05, 0.1) is 6.54 Å². The minimum Gasteiger partial charge on any atom is -0.369 e.